The van der Waals surface area contributed by atoms with Crippen molar-refractivity contribution in [3.63, 3.8) is 0 Å². The molecular weight excluding hydrogens is 361 g/mol. The molecule has 0 aliphatic carbocycles. The number of likely N-dealkylation sites (N-methyl/N-ethyl adjacent to an activating group) is 1. The van der Waals surface area contributed by atoms with Gasteiger partial charge in [-0.3, -0.25) is 4.90 Å². The van der Waals surface area contributed by atoms with E-state index in [0.717, 1.165) is 42.9 Å². The van der Waals surface area contributed by atoms with Gasteiger partial charge in [0.15, 0.2) is 0 Å². The molecule has 0 aliphatic heterocycles. The number of halogens is 1. The van der Waals surface area contributed by atoms with E-state index >= 15 is 0 Å². The van der Waals surface area contributed by atoms with Crippen LogP contribution in [-0.4, -0.2) is 37.0 Å². The van der Waals surface area contributed by atoms with Crippen molar-refractivity contribution in [2.75, 3.05) is 27.2 Å². The molecule has 152 valence electrons. The van der Waals surface area contributed by atoms with Crippen molar-refractivity contribution in [3.8, 4) is 11.1 Å². The summed E-state index contributed by atoms with van der Waals surface area (Å²) in [5, 5.41) is 0. The Bertz CT molecular complexity index is 923. The molecule has 0 saturated carbocycles. The van der Waals surface area contributed by atoms with Crippen LogP contribution in [0.5, 0.6) is 0 Å². The first-order chi connectivity index (χ1) is 14.1. The van der Waals surface area contributed by atoms with E-state index in [9.17, 15) is 4.39 Å². The van der Waals surface area contributed by atoms with E-state index in [1.54, 1.807) is 6.07 Å². The molecule has 0 spiro atoms. The molecule has 2 N–H and O–H groups in total. The normalized spacial score (nSPS) is 11.4. The maximum absolute atomic E-state index is 14.4. The second-order valence-corrected chi connectivity index (χ2v) is 7.67. The molecule has 0 heterocycles. The molecule has 0 atom stereocenters. The van der Waals surface area contributed by atoms with E-state index in [1.807, 2.05) is 30.3 Å². The monoisotopic (exact) mass is 391 g/mol. The maximum atomic E-state index is 14.4. The van der Waals surface area contributed by atoms with Crippen LogP contribution in [-0.2, 0) is 19.6 Å². The Kier molecular flexibility index (Phi) is 7.53. The summed E-state index contributed by atoms with van der Waals surface area (Å²) >= 11 is 0. The van der Waals surface area contributed by atoms with E-state index in [0.29, 0.717) is 12.1 Å². The molecule has 3 nitrogen and oxygen atoms in total. The van der Waals surface area contributed by atoms with Crippen LogP contribution in [0.15, 0.2) is 72.8 Å². The Balaban J connectivity index is 1.87. The zero-order chi connectivity index (χ0) is 20.6. The molecule has 4 heteroatoms. The van der Waals surface area contributed by atoms with E-state index in [4.69, 9.17) is 5.73 Å². The molecule has 3 rings (SSSR count). The zero-order valence-electron chi connectivity index (χ0n) is 17.3. The molecular formula is C25H30FN3. The highest BCUT2D eigenvalue weighted by molar-refractivity contribution is 5.67. The summed E-state index contributed by atoms with van der Waals surface area (Å²) in [5.41, 5.74) is 10.9. The van der Waals surface area contributed by atoms with Crippen LogP contribution >= 0.6 is 0 Å². The Morgan fingerprint density at radius 3 is 2.17 bits per heavy atom. The third kappa shape index (κ3) is 5.97. The number of nitrogens with two attached hydrogens (primary N) is 1. The summed E-state index contributed by atoms with van der Waals surface area (Å²) in [6.07, 6.45) is 0. The second-order valence-electron chi connectivity index (χ2n) is 7.67. The predicted octanol–water partition coefficient (Wildman–Crippen LogP) is 4.52. The van der Waals surface area contributed by atoms with Crippen molar-refractivity contribution < 1.29 is 4.39 Å². The van der Waals surface area contributed by atoms with E-state index in [-0.39, 0.29) is 5.82 Å². The smallest absolute Gasteiger partial charge is 0.131 e. The largest absolute Gasteiger partial charge is 0.326 e. The van der Waals surface area contributed by atoms with Crippen LogP contribution in [0, 0.1) is 5.82 Å². The third-order valence-electron chi connectivity index (χ3n) is 5.07. The summed E-state index contributed by atoms with van der Waals surface area (Å²) in [5.74, 6) is -0.185. The molecule has 0 bridgehead atoms. The molecule has 0 amide bonds. The van der Waals surface area contributed by atoms with Crippen molar-refractivity contribution in [1.29, 1.82) is 0 Å². The van der Waals surface area contributed by atoms with Gasteiger partial charge in [0.25, 0.3) is 0 Å². The van der Waals surface area contributed by atoms with Gasteiger partial charge in [-0.25, -0.2) is 4.39 Å². The number of rotatable bonds is 9. The van der Waals surface area contributed by atoms with Gasteiger partial charge in [0, 0.05) is 38.3 Å². The van der Waals surface area contributed by atoms with Gasteiger partial charge in [0.05, 0.1) is 0 Å². The first kappa shape index (κ1) is 21.2. The second kappa shape index (κ2) is 10.3. The number of hydrogen-bond acceptors (Lipinski definition) is 3. The summed E-state index contributed by atoms with van der Waals surface area (Å²) in [4.78, 5) is 4.60. The zero-order valence-corrected chi connectivity index (χ0v) is 17.3. The molecule has 0 aromatic heterocycles. The lowest BCUT2D eigenvalue weighted by Gasteiger charge is -2.26. The summed E-state index contributed by atoms with van der Waals surface area (Å²) in [6.45, 7) is 4.00. The molecule has 3 aromatic carbocycles. The van der Waals surface area contributed by atoms with Gasteiger partial charge >= 0.3 is 0 Å². The number of hydrogen-bond donors (Lipinski definition) is 1. The molecule has 0 unspecified atom stereocenters. The Labute approximate surface area is 173 Å². The number of nitrogens with zero attached hydrogens (tertiary/aromatic N) is 2. The van der Waals surface area contributed by atoms with Crippen molar-refractivity contribution in [3.05, 3.63) is 95.3 Å². The Morgan fingerprint density at radius 1 is 0.759 bits per heavy atom. The first-order valence-electron chi connectivity index (χ1n) is 10.0. The van der Waals surface area contributed by atoms with Gasteiger partial charge in [-0.05, 0) is 42.4 Å². The predicted molar refractivity (Wildman–Crippen MR) is 119 cm³/mol. The lowest BCUT2D eigenvalue weighted by Crippen LogP contribution is -2.31. The van der Waals surface area contributed by atoms with Crippen molar-refractivity contribution >= 4 is 0 Å². The molecule has 3 aromatic rings. The molecule has 0 fully saturated rings. The van der Waals surface area contributed by atoms with E-state index in [2.05, 4.69) is 54.2 Å². The van der Waals surface area contributed by atoms with Crippen LogP contribution < -0.4 is 5.73 Å². The highest BCUT2D eigenvalue weighted by atomic mass is 19.1. The van der Waals surface area contributed by atoms with Crippen molar-refractivity contribution in [2.45, 2.75) is 19.6 Å². The summed E-state index contributed by atoms with van der Waals surface area (Å²) in [7, 11) is 4.17. The fraction of sp³-hybridized carbons (Fsp3) is 0.280. The van der Waals surface area contributed by atoms with Crippen LogP contribution in [0.3, 0.4) is 0 Å². The van der Waals surface area contributed by atoms with Gasteiger partial charge in [-0.2, -0.15) is 0 Å². The van der Waals surface area contributed by atoms with Crippen LogP contribution in [0.25, 0.3) is 11.1 Å². The van der Waals surface area contributed by atoms with Gasteiger partial charge in [-0.1, -0.05) is 66.7 Å². The summed E-state index contributed by atoms with van der Waals surface area (Å²) in [6, 6.07) is 23.5. The minimum absolute atomic E-state index is 0.185. The molecule has 0 radical (unpaired) electrons. The van der Waals surface area contributed by atoms with Gasteiger partial charge in [0.1, 0.15) is 5.82 Å². The third-order valence-corrected chi connectivity index (χ3v) is 5.07. The van der Waals surface area contributed by atoms with Gasteiger partial charge < -0.3 is 10.6 Å². The minimum atomic E-state index is -0.185. The van der Waals surface area contributed by atoms with Crippen molar-refractivity contribution in [1.82, 2.24) is 9.80 Å². The lowest BCUT2D eigenvalue weighted by atomic mass is 9.98. The fourth-order valence-corrected chi connectivity index (χ4v) is 3.51. The molecule has 0 saturated heterocycles. The Morgan fingerprint density at radius 2 is 1.45 bits per heavy atom. The van der Waals surface area contributed by atoms with E-state index < -0.39 is 0 Å². The molecule has 29 heavy (non-hydrogen) atoms. The first-order valence-corrected chi connectivity index (χ1v) is 10.0. The van der Waals surface area contributed by atoms with Crippen LogP contribution in [0.4, 0.5) is 4.39 Å². The quantitative estimate of drug-likeness (QED) is 0.582. The average molecular weight is 392 g/mol. The van der Waals surface area contributed by atoms with Crippen molar-refractivity contribution in [2.24, 2.45) is 5.73 Å². The lowest BCUT2D eigenvalue weighted by molar-refractivity contribution is 0.226. The van der Waals surface area contributed by atoms with E-state index in [1.165, 1.54) is 11.6 Å². The standard InChI is InChI=1S/C25H30FN3/c1-28(2)14-15-29(18-21-9-7-8-20(16-21)17-27)19-22-10-3-4-11-23(22)24-12-5-6-13-25(24)26/h3-13,16H,14-15,17-19,27H2,1-2H3. The topological polar surface area (TPSA) is 32.5 Å². The fourth-order valence-electron chi connectivity index (χ4n) is 3.51. The SMILES string of the molecule is CN(C)CCN(Cc1cccc(CN)c1)Cc1ccccc1-c1ccccc1F. The Hall–Kier alpha value is -2.53. The van der Waals surface area contributed by atoms with Crippen LogP contribution in [0.2, 0.25) is 0 Å². The average Bonchev–Trinajstić information content (AvgIpc) is 2.73. The van der Waals surface area contributed by atoms with Gasteiger partial charge in [0.2, 0.25) is 0 Å². The summed E-state index contributed by atoms with van der Waals surface area (Å²) < 4.78 is 14.4. The highest BCUT2D eigenvalue weighted by Crippen LogP contribution is 2.27. The van der Waals surface area contributed by atoms with Gasteiger partial charge in [-0.15, -0.1) is 0 Å². The molecule has 0 aliphatic rings. The number of benzene rings is 3. The highest BCUT2D eigenvalue weighted by Gasteiger charge is 2.13. The maximum Gasteiger partial charge on any atom is 0.131 e. The minimum Gasteiger partial charge on any atom is -0.326 e. The van der Waals surface area contributed by atoms with Crippen LogP contribution in [0.1, 0.15) is 16.7 Å².